The van der Waals surface area contributed by atoms with Gasteiger partial charge in [0.2, 0.25) is 0 Å². The summed E-state index contributed by atoms with van der Waals surface area (Å²) < 4.78 is 16.1. The highest BCUT2D eigenvalue weighted by Crippen LogP contribution is 2.28. The zero-order valence-electron chi connectivity index (χ0n) is 16.8. The number of nitrogens with one attached hydrogen (secondary N) is 1. The van der Waals surface area contributed by atoms with Crippen molar-refractivity contribution in [2.24, 2.45) is 5.41 Å². The number of aliphatic hydroxyl groups excluding tert-OH is 1. The first-order chi connectivity index (χ1) is 11.6. The predicted molar refractivity (Wildman–Crippen MR) is 101 cm³/mol. The van der Waals surface area contributed by atoms with Crippen molar-refractivity contribution < 1.29 is 19.3 Å². The topological polar surface area (TPSA) is 60.0 Å². The maximum atomic E-state index is 10.1. The second kappa shape index (κ2) is 9.41. The molecule has 0 aliphatic heterocycles. The molecule has 1 rings (SSSR count). The van der Waals surface area contributed by atoms with E-state index in [9.17, 15) is 5.11 Å². The molecule has 0 aliphatic carbocycles. The van der Waals surface area contributed by atoms with E-state index in [4.69, 9.17) is 14.2 Å². The van der Waals surface area contributed by atoms with Gasteiger partial charge >= 0.3 is 0 Å². The molecule has 5 nitrogen and oxygen atoms in total. The third kappa shape index (κ3) is 8.56. The van der Waals surface area contributed by atoms with Crippen molar-refractivity contribution in [2.45, 2.75) is 59.3 Å². The largest absolute Gasteiger partial charge is 0.493 e. The van der Waals surface area contributed by atoms with Gasteiger partial charge in [-0.1, -0.05) is 26.8 Å². The Hall–Kier alpha value is -1.30. The van der Waals surface area contributed by atoms with Crippen LogP contribution in [0.15, 0.2) is 18.2 Å². The normalized spacial score (nSPS) is 13.6. The summed E-state index contributed by atoms with van der Waals surface area (Å²) in [6.45, 7) is 12.2. The van der Waals surface area contributed by atoms with Gasteiger partial charge < -0.3 is 24.6 Å². The first-order valence-electron chi connectivity index (χ1n) is 8.78. The summed E-state index contributed by atoms with van der Waals surface area (Å²) >= 11 is 0. The fourth-order valence-electron chi connectivity index (χ4n) is 3.12. The van der Waals surface area contributed by atoms with Crippen molar-refractivity contribution in [3.63, 3.8) is 0 Å². The Morgan fingerprint density at radius 3 is 2.24 bits per heavy atom. The first kappa shape index (κ1) is 21.7. The third-order valence-corrected chi connectivity index (χ3v) is 3.82. The summed E-state index contributed by atoms with van der Waals surface area (Å²) in [5.41, 5.74) is 1.19. The smallest absolute Gasteiger partial charge is 0.161 e. The molecule has 0 spiro atoms. The number of hydrogen-bond donors (Lipinski definition) is 2. The fourth-order valence-corrected chi connectivity index (χ4v) is 3.12. The molecule has 2 N–H and O–H groups in total. The van der Waals surface area contributed by atoms with E-state index < -0.39 is 6.10 Å². The van der Waals surface area contributed by atoms with Crippen LogP contribution in [0.5, 0.6) is 11.5 Å². The highest BCUT2D eigenvalue weighted by atomic mass is 16.5. The van der Waals surface area contributed by atoms with E-state index >= 15 is 0 Å². The highest BCUT2D eigenvalue weighted by molar-refractivity contribution is 5.42. The van der Waals surface area contributed by atoms with E-state index in [1.807, 2.05) is 18.2 Å². The van der Waals surface area contributed by atoms with Crippen LogP contribution >= 0.6 is 0 Å². The number of methoxy groups -OCH3 is 2. The van der Waals surface area contributed by atoms with Gasteiger partial charge in [-0.3, -0.25) is 0 Å². The van der Waals surface area contributed by atoms with Crippen molar-refractivity contribution >= 4 is 0 Å². The Bertz CT molecular complexity index is 523. The van der Waals surface area contributed by atoms with Crippen LogP contribution in [-0.2, 0) is 11.3 Å². The Kier molecular flexibility index (Phi) is 8.19. The average Bonchev–Trinajstić information content (AvgIpc) is 2.50. The van der Waals surface area contributed by atoms with E-state index in [0.29, 0.717) is 24.7 Å². The molecule has 0 radical (unpaired) electrons. The van der Waals surface area contributed by atoms with Gasteiger partial charge in [-0.2, -0.15) is 0 Å². The van der Waals surface area contributed by atoms with Gasteiger partial charge in [-0.05, 0) is 43.4 Å². The molecule has 25 heavy (non-hydrogen) atoms. The summed E-state index contributed by atoms with van der Waals surface area (Å²) in [5.74, 6) is 1.37. The fraction of sp³-hybridized carbons (Fsp3) is 0.700. The van der Waals surface area contributed by atoms with Crippen molar-refractivity contribution in [1.29, 1.82) is 0 Å². The van der Waals surface area contributed by atoms with Crippen LogP contribution in [0.4, 0.5) is 0 Å². The van der Waals surface area contributed by atoms with Crippen LogP contribution in [0.2, 0.25) is 0 Å². The minimum absolute atomic E-state index is 0.0252. The minimum Gasteiger partial charge on any atom is -0.493 e. The Balaban J connectivity index is 2.38. The third-order valence-electron chi connectivity index (χ3n) is 3.82. The molecular formula is C20H35NO4. The summed E-state index contributed by atoms with van der Waals surface area (Å²) in [5, 5.41) is 13.6. The lowest BCUT2D eigenvalue weighted by molar-refractivity contribution is 0.0244. The van der Waals surface area contributed by atoms with Gasteiger partial charge in [0.15, 0.2) is 11.5 Å². The summed E-state index contributed by atoms with van der Waals surface area (Å²) in [4.78, 5) is 0. The first-order valence-corrected chi connectivity index (χ1v) is 8.78. The lowest BCUT2D eigenvalue weighted by Gasteiger charge is -2.34. The molecule has 0 saturated carbocycles. The van der Waals surface area contributed by atoms with Crippen LogP contribution < -0.4 is 14.8 Å². The van der Waals surface area contributed by atoms with Crippen molar-refractivity contribution in [2.75, 3.05) is 27.4 Å². The van der Waals surface area contributed by atoms with Crippen LogP contribution in [0, 0.1) is 5.41 Å². The predicted octanol–water partition coefficient (Wildman–Crippen LogP) is 3.39. The van der Waals surface area contributed by atoms with E-state index in [-0.39, 0.29) is 17.6 Å². The molecule has 0 unspecified atom stereocenters. The summed E-state index contributed by atoms with van der Waals surface area (Å²) in [7, 11) is 3.22. The van der Waals surface area contributed by atoms with Crippen LogP contribution in [0.1, 0.15) is 46.6 Å². The van der Waals surface area contributed by atoms with Gasteiger partial charge in [-0.25, -0.2) is 0 Å². The molecule has 144 valence electrons. The summed E-state index contributed by atoms with van der Waals surface area (Å²) in [6.07, 6.45) is 0.485. The number of rotatable bonds is 10. The molecule has 5 heteroatoms. The minimum atomic E-state index is -0.542. The van der Waals surface area contributed by atoms with Crippen LogP contribution in [0.3, 0.4) is 0 Å². The van der Waals surface area contributed by atoms with Crippen molar-refractivity contribution in [3.8, 4) is 11.5 Å². The number of benzene rings is 1. The SMILES string of the molecule is COc1ccc(COC[C@H](O)CNC(C)(C)CC(C)(C)C)cc1OC. The molecule has 0 fully saturated rings. The molecule has 1 atom stereocenters. The number of hydrogen-bond acceptors (Lipinski definition) is 5. The van der Waals surface area contributed by atoms with Crippen LogP contribution in [-0.4, -0.2) is 44.1 Å². The molecule has 0 aliphatic rings. The lowest BCUT2D eigenvalue weighted by Crippen LogP contribution is -2.46. The number of ether oxygens (including phenoxy) is 3. The Morgan fingerprint density at radius 2 is 1.68 bits per heavy atom. The maximum Gasteiger partial charge on any atom is 0.161 e. The van der Waals surface area contributed by atoms with Gasteiger partial charge in [-0.15, -0.1) is 0 Å². The van der Waals surface area contributed by atoms with Gasteiger partial charge in [0.05, 0.1) is 33.5 Å². The maximum absolute atomic E-state index is 10.1. The second-order valence-electron chi connectivity index (χ2n) is 8.36. The average molecular weight is 354 g/mol. The number of aliphatic hydroxyl groups is 1. The van der Waals surface area contributed by atoms with E-state index in [1.165, 1.54) is 0 Å². The quantitative estimate of drug-likeness (QED) is 0.675. The zero-order valence-corrected chi connectivity index (χ0v) is 16.8. The van der Waals surface area contributed by atoms with E-state index in [0.717, 1.165) is 12.0 Å². The molecule has 0 heterocycles. The second-order valence-corrected chi connectivity index (χ2v) is 8.36. The van der Waals surface area contributed by atoms with E-state index in [1.54, 1.807) is 14.2 Å². The Labute approximate surface area is 152 Å². The monoisotopic (exact) mass is 353 g/mol. The number of β-amino-alcohol motifs (C(OH)–C–C–N with tert-alkyl or cyclic N) is 1. The molecule has 0 bridgehead atoms. The van der Waals surface area contributed by atoms with Gasteiger partial charge in [0.1, 0.15) is 0 Å². The van der Waals surface area contributed by atoms with Crippen LogP contribution in [0.25, 0.3) is 0 Å². The van der Waals surface area contributed by atoms with Gasteiger partial charge in [0, 0.05) is 12.1 Å². The molecule has 1 aromatic carbocycles. The molecule has 0 aromatic heterocycles. The molecule has 1 aromatic rings. The molecular weight excluding hydrogens is 318 g/mol. The Morgan fingerprint density at radius 1 is 1.04 bits per heavy atom. The summed E-state index contributed by atoms with van der Waals surface area (Å²) in [6, 6.07) is 5.67. The lowest BCUT2D eigenvalue weighted by atomic mass is 9.82. The van der Waals surface area contributed by atoms with Gasteiger partial charge in [0.25, 0.3) is 0 Å². The highest BCUT2D eigenvalue weighted by Gasteiger charge is 2.25. The van der Waals surface area contributed by atoms with Crippen molar-refractivity contribution in [1.82, 2.24) is 5.32 Å². The molecule has 0 amide bonds. The zero-order chi connectivity index (χ0) is 19.1. The van der Waals surface area contributed by atoms with Crippen molar-refractivity contribution in [3.05, 3.63) is 23.8 Å². The van der Waals surface area contributed by atoms with E-state index in [2.05, 4.69) is 39.9 Å². The standard InChI is InChI=1S/C20H35NO4/c1-19(2,3)14-20(4,5)21-11-16(22)13-25-12-15-8-9-17(23-6)18(10-15)24-7/h8-10,16,21-22H,11-14H2,1-7H3/t16-/m1/s1. The molecule has 0 saturated heterocycles.